The number of aromatic nitrogens is 1. The number of rotatable bonds is 4. The van der Waals surface area contributed by atoms with Crippen LogP contribution in [0.1, 0.15) is 5.56 Å². The molecule has 0 saturated heterocycles. The van der Waals surface area contributed by atoms with Crippen LogP contribution in [0.4, 0.5) is 10.6 Å². The third-order valence-corrected chi connectivity index (χ3v) is 4.01. The fraction of sp³-hybridized carbons (Fsp3) is 0.0526. The lowest BCUT2D eigenvalue weighted by Crippen LogP contribution is -2.14. The highest BCUT2D eigenvalue weighted by Crippen LogP contribution is 2.29. The van der Waals surface area contributed by atoms with Crippen LogP contribution in [0.15, 0.2) is 77.4 Å². The van der Waals surface area contributed by atoms with Crippen molar-refractivity contribution in [2.75, 3.05) is 5.32 Å². The highest BCUT2D eigenvalue weighted by atomic mass is 79.9. The van der Waals surface area contributed by atoms with Gasteiger partial charge in [0.1, 0.15) is 12.4 Å². The molecule has 0 unspecified atom stereocenters. The monoisotopic (exact) mass is 382 g/mol. The molecule has 24 heavy (non-hydrogen) atoms. The smallest absolute Gasteiger partial charge is 0.413 e. The van der Waals surface area contributed by atoms with E-state index in [9.17, 15) is 4.79 Å². The van der Waals surface area contributed by atoms with E-state index in [0.29, 0.717) is 5.82 Å². The Morgan fingerprint density at radius 2 is 1.71 bits per heavy atom. The lowest BCUT2D eigenvalue weighted by Gasteiger charge is -2.09. The topological polar surface area (TPSA) is 51.2 Å². The summed E-state index contributed by atoms with van der Waals surface area (Å²) in [5.41, 5.74) is 2.91. The van der Waals surface area contributed by atoms with Gasteiger partial charge >= 0.3 is 6.09 Å². The van der Waals surface area contributed by atoms with Crippen molar-refractivity contribution in [3.05, 3.63) is 83.0 Å². The molecule has 0 aliphatic carbocycles. The molecular formula is C19H15BrN2O2. The number of benzene rings is 2. The van der Waals surface area contributed by atoms with Gasteiger partial charge in [-0.2, -0.15) is 0 Å². The molecule has 3 aromatic rings. The zero-order valence-corrected chi connectivity index (χ0v) is 14.4. The van der Waals surface area contributed by atoms with E-state index in [1.165, 1.54) is 0 Å². The molecule has 0 aliphatic rings. The standard InChI is InChI=1S/C19H15BrN2O2/c20-17-12-21-18(11-16(17)15-9-5-2-6-10-15)22-19(23)24-13-14-7-3-1-4-8-14/h1-12H,13H2,(H,21,22,23). The first-order valence-corrected chi connectivity index (χ1v) is 8.20. The molecule has 120 valence electrons. The first-order valence-electron chi connectivity index (χ1n) is 7.41. The summed E-state index contributed by atoms with van der Waals surface area (Å²) in [6.07, 6.45) is 1.13. The van der Waals surface area contributed by atoms with E-state index in [1.807, 2.05) is 66.7 Å². The van der Waals surface area contributed by atoms with Crippen LogP contribution in [0, 0.1) is 0 Å². The van der Waals surface area contributed by atoms with Gasteiger partial charge < -0.3 is 4.74 Å². The Bertz CT molecular complexity index is 823. The molecule has 0 aliphatic heterocycles. The summed E-state index contributed by atoms with van der Waals surface area (Å²) in [5.74, 6) is 0.440. The van der Waals surface area contributed by atoms with Gasteiger partial charge in [-0.25, -0.2) is 9.78 Å². The molecule has 0 saturated carbocycles. The van der Waals surface area contributed by atoms with Gasteiger partial charge in [-0.05, 0) is 33.1 Å². The second-order valence-electron chi connectivity index (χ2n) is 5.10. The van der Waals surface area contributed by atoms with E-state index in [4.69, 9.17) is 4.74 Å². The minimum Gasteiger partial charge on any atom is -0.444 e. The van der Waals surface area contributed by atoms with Crippen LogP contribution in [-0.4, -0.2) is 11.1 Å². The van der Waals surface area contributed by atoms with Gasteiger partial charge in [0.05, 0.1) is 0 Å². The maximum atomic E-state index is 11.9. The molecule has 0 spiro atoms. The highest BCUT2D eigenvalue weighted by molar-refractivity contribution is 9.10. The molecule has 1 heterocycles. The maximum absolute atomic E-state index is 11.9. The summed E-state index contributed by atoms with van der Waals surface area (Å²) in [6.45, 7) is 0.217. The zero-order valence-electron chi connectivity index (χ0n) is 12.8. The van der Waals surface area contributed by atoms with Gasteiger partial charge in [-0.15, -0.1) is 0 Å². The first kappa shape index (κ1) is 16.2. The van der Waals surface area contributed by atoms with E-state index in [1.54, 1.807) is 6.20 Å². The lowest BCUT2D eigenvalue weighted by atomic mass is 10.1. The number of nitrogens with zero attached hydrogens (tertiary/aromatic N) is 1. The lowest BCUT2D eigenvalue weighted by molar-refractivity contribution is 0.155. The number of halogens is 1. The van der Waals surface area contributed by atoms with Gasteiger partial charge in [0.25, 0.3) is 0 Å². The van der Waals surface area contributed by atoms with Crippen LogP contribution < -0.4 is 5.32 Å². The highest BCUT2D eigenvalue weighted by Gasteiger charge is 2.09. The Kier molecular flexibility index (Phi) is 5.23. The minimum absolute atomic E-state index is 0.217. The molecule has 1 amide bonds. The molecule has 1 aromatic heterocycles. The number of hydrogen-bond donors (Lipinski definition) is 1. The molecule has 0 bridgehead atoms. The van der Waals surface area contributed by atoms with Crippen molar-refractivity contribution in [1.82, 2.24) is 4.98 Å². The number of hydrogen-bond acceptors (Lipinski definition) is 3. The maximum Gasteiger partial charge on any atom is 0.413 e. The largest absolute Gasteiger partial charge is 0.444 e. The van der Waals surface area contributed by atoms with Crippen molar-refractivity contribution >= 4 is 27.8 Å². The number of pyridine rings is 1. The van der Waals surface area contributed by atoms with Crippen molar-refractivity contribution in [3.8, 4) is 11.1 Å². The number of ether oxygens (including phenoxy) is 1. The van der Waals surface area contributed by atoms with Gasteiger partial charge in [0.2, 0.25) is 0 Å². The summed E-state index contributed by atoms with van der Waals surface area (Å²) in [4.78, 5) is 16.1. The van der Waals surface area contributed by atoms with E-state index in [2.05, 4.69) is 26.2 Å². The third-order valence-electron chi connectivity index (χ3n) is 3.38. The fourth-order valence-electron chi connectivity index (χ4n) is 2.21. The molecule has 2 aromatic carbocycles. The Morgan fingerprint density at radius 1 is 1.04 bits per heavy atom. The predicted octanol–water partition coefficient (Wildman–Crippen LogP) is 5.26. The summed E-state index contributed by atoms with van der Waals surface area (Å²) in [7, 11) is 0. The average molecular weight is 383 g/mol. The predicted molar refractivity (Wildman–Crippen MR) is 97.6 cm³/mol. The van der Waals surface area contributed by atoms with E-state index >= 15 is 0 Å². The summed E-state index contributed by atoms with van der Waals surface area (Å²) in [6, 6.07) is 21.2. The number of anilines is 1. The average Bonchev–Trinajstić information content (AvgIpc) is 2.63. The van der Waals surface area contributed by atoms with Crippen molar-refractivity contribution in [2.24, 2.45) is 0 Å². The van der Waals surface area contributed by atoms with Crippen molar-refractivity contribution in [3.63, 3.8) is 0 Å². The molecule has 3 rings (SSSR count). The Labute approximate surface area is 148 Å². The number of nitrogens with one attached hydrogen (secondary N) is 1. The van der Waals surface area contributed by atoms with E-state index < -0.39 is 6.09 Å². The number of amides is 1. The number of carbonyl (C=O) groups is 1. The minimum atomic E-state index is -0.535. The summed E-state index contributed by atoms with van der Waals surface area (Å²) in [5, 5.41) is 2.66. The second-order valence-corrected chi connectivity index (χ2v) is 5.96. The molecule has 0 radical (unpaired) electrons. The van der Waals surface area contributed by atoms with E-state index in [-0.39, 0.29) is 6.61 Å². The van der Waals surface area contributed by atoms with Gasteiger partial charge in [0.15, 0.2) is 0 Å². The van der Waals surface area contributed by atoms with Crippen molar-refractivity contribution < 1.29 is 9.53 Å². The third kappa shape index (κ3) is 4.20. The Hall–Kier alpha value is -2.66. The summed E-state index contributed by atoms with van der Waals surface area (Å²) >= 11 is 3.49. The Morgan fingerprint density at radius 3 is 2.42 bits per heavy atom. The molecule has 5 heteroatoms. The van der Waals surface area contributed by atoms with Crippen molar-refractivity contribution in [1.29, 1.82) is 0 Å². The summed E-state index contributed by atoms with van der Waals surface area (Å²) < 4.78 is 6.06. The van der Waals surface area contributed by atoms with Crippen LogP contribution in [0.2, 0.25) is 0 Å². The molecule has 0 fully saturated rings. The van der Waals surface area contributed by atoms with Crippen LogP contribution in [0.5, 0.6) is 0 Å². The van der Waals surface area contributed by atoms with Crippen LogP contribution in [-0.2, 0) is 11.3 Å². The normalized spacial score (nSPS) is 10.2. The van der Waals surface area contributed by atoms with Crippen molar-refractivity contribution in [2.45, 2.75) is 6.61 Å². The van der Waals surface area contributed by atoms with Gasteiger partial charge in [-0.1, -0.05) is 60.7 Å². The van der Waals surface area contributed by atoms with Crippen LogP contribution in [0.25, 0.3) is 11.1 Å². The second kappa shape index (κ2) is 7.75. The van der Waals surface area contributed by atoms with E-state index in [0.717, 1.165) is 21.2 Å². The first-order chi connectivity index (χ1) is 11.7. The zero-order chi connectivity index (χ0) is 16.8. The van der Waals surface area contributed by atoms with Gasteiger partial charge in [0, 0.05) is 16.2 Å². The Balaban J connectivity index is 1.68. The number of carbonyl (C=O) groups excluding carboxylic acids is 1. The van der Waals surface area contributed by atoms with Crippen LogP contribution in [0.3, 0.4) is 0 Å². The quantitative estimate of drug-likeness (QED) is 0.669. The van der Waals surface area contributed by atoms with Gasteiger partial charge in [-0.3, -0.25) is 5.32 Å². The molecular weight excluding hydrogens is 368 g/mol. The fourth-order valence-corrected chi connectivity index (χ4v) is 2.66. The SMILES string of the molecule is O=C(Nc1cc(-c2ccccc2)c(Br)cn1)OCc1ccccc1. The molecule has 4 nitrogen and oxygen atoms in total. The molecule has 0 atom stereocenters. The molecule has 1 N–H and O–H groups in total. The van der Waals surface area contributed by atoms with Crippen LogP contribution >= 0.6 is 15.9 Å².